The van der Waals surface area contributed by atoms with Crippen LogP contribution in [0.5, 0.6) is 0 Å². The summed E-state index contributed by atoms with van der Waals surface area (Å²) in [6.45, 7) is 2.81. The average Bonchev–Trinajstić information content (AvgIpc) is 3.41. The number of aryl methyl sites for hydroxylation is 1. The Bertz CT molecular complexity index is 1180. The van der Waals surface area contributed by atoms with Gasteiger partial charge in [0.25, 0.3) is 0 Å². The summed E-state index contributed by atoms with van der Waals surface area (Å²) in [4.78, 5) is 11.6. The highest BCUT2D eigenvalue weighted by atomic mass is 32.2. The molecule has 2 aromatic carbocycles. The molecule has 4 rings (SSSR count). The summed E-state index contributed by atoms with van der Waals surface area (Å²) < 4.78 is 35.6. The van der Waals surface area contributed by atoms with E-state index in [2.05, 4.69) is 0 Å². The van der Waals surface area contributed by atoms with E-state index in [4.69, 9.17) is 4.74 Å². The Morgan fingerprint density at radius 3 is 2.66 bits per heavy atom. The molecular formula is C24H28N2O5S. The molecule has 1 aliphatic rings. The summed E-state index contributed by atoms with van der Waals surface area (Å²) >= 11 is 0. The Morgan fingerprint density at radius 2 is 1.97 bits per heavy atom. The van der Waals surface area contributed by atoms with E-state index >= 15 is 0 Å². The maximum Gasteiger partial charge on any atom is 0.243 e. The van der Waals surface area contributed by atoms with E-state index in [0.29, 0.717) is 12.2 Å². The van der Waals surface area contributed by atoms with Gasteiger partial charge in [0.2, 0.25) is 10.0 Å². The maximum atomic E-state index is 13.4. The molecule has 1 fully saturated rings. The molecule has 1 aliphatic heterocycles. The van der Waals surface area contributed by atoms with Crippen molar-refractivity contribution >= 4 is 27.2 Å². The molecule has 3 aromatic rings. The van der Waals surface area contributed by atoms with Gasteiger partial charge in [-0.15, -0.1) is 0 Å². The highest BCUT2D eigenvalue weighted by molar-refractivity contribution is 7.89. The summed E-state index contributed by atoms with van der Waals surface area (Å²) in [6.07, 6.45) is 3.02. The third kappa shape index (κ3) is 4.78. The molecule has 0 radical (unpaired) electrons. The second kappa shape index (κ2) is 9.54. The molecule has 1 saturated heterocycles. The maximum absolute atomic E-state index is 13.4. The Kier molecular flexibility index (Phi) is 6.76. The quantitative estimate of drug-likeness (QED) is 0.500. The van der Waals surface area contributed by atoms with Gasteiger partial charge in [0.15, 0.2) is 6.29 Å². The lowest BCUT2D eigenvalue weighted by atomic mass is 10.2. The van der Waals surface area contributed by atoms with Crippen molar-refractivity contribution in [1.82, 2.24) is 8.87 Å². The van der Waals surface area contributed by atoms with Crippen LogP contribution in [0.3, 0.4) is 0 Å². The van der Waals surface area contributed by atoms with Gasteiger partial charge in [-0.1, -0.05) is 35.9 Å². The molecule has 2 heterocycles. The number of para-hydroxylation sites is 1. The van der Waals surface area contributed by atoms with Crippen LogP contribution in [0.2, 0.25) is 0 Å². The number of aldehydes is 1. The van der Waals surface area contributed by atoms with E-state index in [1.807, 2.05) is 31.2 Å². The zero-order valence-electron chi connectivity index (χ0n) is 18.1. The molecule has 1 aromatic heterocycles. The number of hydrogen-bond acceptors (Lipinski definition) is 5. The van der Waals surface area contributed by atoms with Crippen LogP contribution in [-0.4, -0.2) is 60.6 Å². The zero-order chi connectivity index (χ0) is 22.7. The Morgan fingerprint density at radius 1 is 1.22 bits per heavy atom. The fourth-order valence-electron chi connectivity index (χ4n) is 4.19. The summed E-state index contributed by atoms with van der Waals surface area (Å²) in [6, 6.07) is 14.2. The number of carbonyl (C=O) groups excluding carboxylic acids is 1. The lowest BCUT2D eigenvalue weighted by molar-refractivity contribution is 0.0748. The zero-order valence-corrected chi connectivity index (χ0v) is 18.9. The molecule has 1 N–H and O–H groups in total. The molecule has 0 bridgehead atoms. The molecular weight excluding hydrogens is 428 g/mol. The average molecular weight is 457 g/mol. The minimum atomic E-state index is -3.81. The van der Waals surface area contributed by atoms with Crippen LogP contribution in [-0.2, 0) is 21.3 Å². The van der Waals surface area contributed by atoms with E-state index < -0.39 is 16.1 Å². The minimum Gasteiger partial charge on any atom is -0.390 e. The molecule has 7 nitrogen and oxygen atoms in total. The van der Waals surface area contributed by atoms with Crippen molar-refractivity contribution in [2.45, 2.75) is 43.4 Å². The topological polar surface area (TPSA) is 88.8 Å². The number of rotatable bonds is 9. The van der Waals surface area contributed by atoms with Crippen LogP contribution in [0.25, 0.3) is 10.9 Å². The van der Waals surface area contributed by atoms with Crippen LogP contribution in [0.15, 0.2) is 59.6 Å². The first kappa shape index (κ1) is 22.7. The van der Waals surface area contributed by atoms with Gasteiger partial charge in [-0.05, 0) is 38.0 Å². The van der Waals surface area contributed by atoms with Crippen molar-refractivity contribution < 1.29 is 23.1 Å². The fraction of sp³-hybridized carbons (Fsp3) is 0.375. The fourth-order valence-corrected chi connectivity index (χ4v) is 5.69. The van der Waals surface area contributed by atoms with Crippen molar-refractivity contribution in [3.63, 3.8) is 0 Å². The summed E-state index contributed by atoms with van der Waals surface area (Å²) in [5.74, 6) is 0. The van der Waals surface area contributed by atoms with Gasteiger partial charge in [0.1, 0.15) is 0 Å². The molecule has 8 heteroatoms. The van der Waals surface area contributed by atoms with E-state index in [1.54, 1.807) is 35.0 Å². The van der Waals surface area contributed by atoms with E-state index in [9.17, 15) is 18.3 Å². The smallest absolute Gasteiger partial charge is 0.243 e. The first-order valence-electron chi connectivity index (χ1n) is 10.8. The van der Waals surface area contributed by atoms with Crippen molar-refractivity contribution in [3.8, 4) is 0 Å². The Balaban J connectivity index is 1.58. The number of hydrogen-bond donors (Lipinski definition) is 1. The first-order chi connectivity index (χ1) is 15.4. The highest BCUT2D eigenvalue weighted by Crippen LogP contribution is 2.23. The van der Waals surface area contributed by atoms with Crippen LogP contribution in [0, 0.1) is 6.92 Å². The number of carbonyl (C=O) groups is 1. The molecule has 0 unspecified atom stereocenters. The molecule has 170 valence electrons. The lowest BCUT2D eigenvalue weighted by Gasteiger charge is -2.27. The predicted octanol–water partition coefficient (Wildman–Crippen LogP) is 2.99. The van der Waals surface area contributed by atoms with Crippen molar-refractivity contribution in [1.29, 1.82) is 0 Å². The number of fused-ring (bicyclic) bond motifs is 1. The number of sulfonamides is 1. The van der Waals surface area contributed by atoms with Gasteiger partial charge in [-0.3, -0.25) is 4.79 Å². The van der Waals surface area contributed by atoms with Gasteiger partial charge >= 0.3 is 0 Å². The second-order valence-corrected chi connectivity index (χ2v) is 10.2. The van der Waals surface area contributed by atoms with Gasteiger partial charge in [-0.2, -0.15) is 4.31 Å². The van der Waals surface area contributed by atoms with Crippen molar-refractivity contribution in [2.75, 3.05) is 19.7 Å². The lowest BCUT2D eigenvalue weighted by Crippen LogP contribution is -2.43. The summed E-state index contributed by atoms with van der Waals surface area (Å²) in [7, 11) is -3.81. The Hall–Kier alpha value is -2.52. The number of nitrogens with zero attached hydrogens (tertiary/aromatic N) is 2. The molecule has 0 amide bonds. The van der Waals surface area contributed by atoms with Crippen LogP contribution in [0.4, 0.5) is 0 Å². The number of aliphatic hydroxyl groups is 1. The van der Waals surface area contributed by atoms with E-state index in [1.165, 1.54) is 4.31 Å². The predicted molar refractivity (Wildman–Crippen MR) is 122 cm³/mol. The Labute approximate surface area is 188 Å². The molecule has 0 spiro atoms. The van der Waals surface area contributed by atoms with Crippen molar-refractivity contribution in [3.05, 3.63) is 65.9 Å². The SMILES string of the molecule is Cc1ccc(S(=O)(=O)N(C[C@H](O)Cn2cc(C=O)c3ccccc32)C[C@@H]2CCCO2)cc1. The number of aromatic nitrogens is 1. The third-order valence-electron chi connectivity index (χ3n) is 5.86. The first-order valence-corrected chi connectivity index (χ1v) is 12.2. The standard InChI is InChI=1S/C24H28N2O5S/c1-18-8-10-22(11-9-18)32(29,30)26(16-21-5-4-12-31-21)15-20(28)14-25-13-19(17-27)23-6-2-3-7-24(23)25/h2-3,6-11,13,17,20-21,28H,4-5,12,14-16H2,1H3/t20-,21+/m1/s1. The van der Waals surface area contributed by atoms with Crippen molar-refractivity contribution in [2.24, 2.45) is 0 Å². The summed E-state index contributed by atoms with van der Waals surface area (Å²) in [5, 5.41) is 11.7. The second-order valence-electron chi connectivity index (χ2n) is 8.30. The van der Waals surface area contributed by atoms with Gasteiger partial charge in [-0.25, -0.2) is 8.42 Å². The summed E-state index contributed by atoms with van der Waals surface area (Å²) in [5.41, 5.74) is 2.33. The number of benzene rings is 2. The highest BCUT2D eigenvalue weighted by Gasteiger charge is 2.31. The van der Waals surface area contributed by atoms with Crippen LogP contribution < -0.4 is 0 Å². The van der Waals surface area contributed by atoms with Gasteiger partial charge < -0.3 is 14.4 Å². The van der Waals surface area contributed by atoms with Gasteiger partial charge in [0.05, 0.1) is 17.1 Å². The van der Waals surface area contributed by atoms with E-state index in [0.717, 1.165) is 35.6 Å². The normalized spacial score (nSPS) is 17.8. The van der Waals surface area contributed by atoms with E-state index in [-0.39, 0.29) is 30.6 Å². The van der Waals surface area contributed by atoms with Crippen LogP contribution in [0.1, 0.15) is 28.8 Å². The largest absolute Gasteiger partial charge is 0.390 e. The number of ether oxygens (including phenoxy) is 1. The molecule has 0 aliphatic carbocycles. The minimum absolute atomic E-state index is 0.0704. The molecule has 0 saturated carbocycles. The van der Waals surface area contributed by atoms with Crippen LogP contribution >= 0.6 is 0 Å². The van der Waals surface area contributed by atoms with Gasteiger partial charge in [0, 0.05) is 48.9 Å². The third-order valence-corrected chi connectivity index (χ3v) is 7.70. The monoisotopic (exact) mass is 456 g/mol. The number of aliphatic hydroxyl groups excluding tert-OH is 1. The molecule has 2 atom stereocenters. The molecule has 32 heavy (non-hydrogen) atoms.